The number of nitrogen functional groups attached to an aromatic ring is 2. The van der Waals surface area contributed by atoms with Crippen molar-refractivity contribution in [1.29, 1.82) is 0 Å². The molecule has 3 aliphatic heterocycles. The summed E-state index contributed by atoms with van der Waals surface area (Å²) in [7, 11) is -10.1. The molecule has 242 valence electrons. The van der Waals surface area contributed by atoms with E-state index >= 15 is 0 Å². The number of aromatic amines is 1. The second kappa shape index (κ2) is 10.9. The number of aliphatic hydroxyl groups is 2. The zero-order chi connectivity index (χ0) is 31.8. The number of phosphoric acid groups is 2. The Bertz CT molecular complexity index is 1930. The number of fused-ring (bicyclic) bond motifs is 5. The van der Waals surface area contributed by atoms with E-state index in [1.54, 1.807) is 6.07 Å². The summed E-state index contributed by atoms with van der Waals surface area (Å²) in [5, 5.41) is 22.7. The Morgan fingerprint density at radius 2 is 1.47 bits per heavy atom. The van der Waals surface area contributed by atoms with Gasteiger partial charge < -0.3 is 50.1 Å². The molecule has 9 N–H and O–H groups in total. The van der Waals surface area contributed by atoms with Gasteiger partial charge in [0.1, 0.15) is 54.4 Å². The first-order chi connectivity index (χ1) is 21.3. The van der Waals surface area contributed by atoms with E-state index < -0.39 is 83.5 Å². The van der Waals surface area contributed by atoms with Crippen molar-refractivity contribution in [3.8, 4) is 0 Å². The van der Waals surface area contributed by atoms with Crippen molar-refractivity contribution in [2.24, 2.45) is 0 Å². The van der Waals surface area contributed by atoms with E-state index in [4.69, 9.17) is 39.0 Å². The van der Waals surface area contributed by atoms with Gasteiger partial charge in [-0.2, -0.15) is 4.98 Å². The van der Waals surface area contributed by atoms with E-state index in [-0.39, 0.29) is 28.4 Å². The molecule has 2 bridgehead atoms. The number of aromatic nitrogens is 6. The predicted octanol–water partition coefficient (Wildman–Crippen LogP) is -1.13. The summed E-state index contributed by atoms with van der Waals surface area (Å²) in [6.45, 7) is -1.59. The standard InChI is InChI=1S/C22H26N8O13P2/c23-16-8-1-3-29(17(8)26-7-25-16)20-13(32)14-11(41-20)6-39-45(36,37)43-15-12(31)10(5-38-44(34,35)42-14)40-21(15)30-4-2-9-18(30)27-22(24)28-19(9)33/h1-4,7,10-15,20-21,31-32H,5-6H2,(H,34,35)(H,36,37)(H2,23,25,26)(H3,24,27,28,33)/t10-,11-,12?,13+,14?,15?,20-,21-/m1/s1. The molecule has 0 aromatic carbocycles. The monoisotopic (exact) mass is 672 g/mol. The van der Waals surface area contributed by atoms with E-state index in [2.05, 4.69) is 19.9 Å². The van der Waals surface area contributed by atoms with Crippen LogP contribution in [0.15, 0.2) is 35.6 Å². The van der Waals surface area contributed by atoms with E-state index in [1.807, 2.05) is 0 Å². The van der Waals surface area contributed by atoms with Crippen LogP contribution in [-0.4, -0.2) is 98.9 Å². The molecule has 7 rings (SSSR count). The molecule has 10 atom stereocenters. The number of anilines is 2. The van der Waals surface area contributed by atoms with Gasteiger partial charge in [-0.1, -0.05) is 0 Å². The van der Waals surface area contributed by atoms with Crippen LogP contribution in [0.25, 0.3) is 22.1 Å². The van der Waals surface area contributed by atoms with Crippen LogP contribution in [0.1, 0.15) is 12.5 Å². The molecule has 0 radical (unpaired) electrons. The number of aliphatic hydroxyl groups excluding tert-OH is 2. The molecule has 0 spiro atoms. The summed E-state index contributed by atoms with van der Waals surface area (Å²) in [4.78, 5) is 48.1. The van der Waals surface area contributed by atoms with Crippen LogP contribution in [0.4, 0.5) is 11.8 Å². The molecular weight excluding hydrogens is 646 g/mol. The van der Waals surface area contributed by atoms with Gasteiger partial charge in [0, 0.05) is 12.4 Å². The van der Waals surface area contributed by atoms with Crippen molar-refractivity contribution in [2.75, 3.05) is 24.7 Å². The molecule has 21 nitrogen and oxygen atoms in total. The fraction of sp³-hybridized carbons (Fsp3) is 0.455. The lowest BCUT2D eigenvalue weighted by molar-refractivity contribution is -0.0670. The fourth-order valence-corrected chi connectivity index (χ4v) is 7.47. The number of H-pyrrole nitrogens is 1. The third-order valence-corrected chi connectivity index (χ3v) is 9.59. The van der Waals surface area contributed by atoms with Gasteiger partial charge in [-0.15, -0.1) is 0 Å². The minimum atomic E-state index is -5.08. The quantitative estimate of drug-likeness (QED) is 0.124. The SMILES string of the molecule is Nc1nc2c(ccn2[C@@H]2O[C@@H]3COP(=O)(O)OC4[C@@H](COP(=O)(O)OC2C3O)O[C@@H](n2ccc3c(N)ncnc32)[C@H]4O)c(=O)[nH]1. The highest BCUT2D eigenvalue weighted by atomic mass is 31.2. The Hall–Kier alpha value is -3.30. The summed E-state index contributed by atoms with van der Waals surface area (Å²) >= 11 is 0. The van der Waals surface area contributed by atoms with Crippen LogP contribution < -0.4 is 17.0 Å². The Balaban J connectivity index is 1.21. The second-order valence-electron chi connectivity index (χ2n) is 10.4. The van der Waals surface area contributed by atoms with Gasteiger partial charge in [-0.25, -0.2) is 19.1 Å². The van der Waals surface area contributed by atoms with Crippen LogP contribution >= 0.6 is 15.6 Å². The van der Waals surface area contributed by atoms with Crippen LogP contribution in [0.3, 0.4) is 0 Å². The molecule has 4 aromatic heterocycles. The van der Waals surface area contributed by atoms with Crippen molar-refractivity contribution in [1.82, 2.24) is 29.1 Å². The van der Waals surface area contributed by atoms with Crippen LogP contribution in [0.2, 0.25) is 0 Å². The van der Waals surface area contributed by atoms with Crippen molar-refractivity contribution in [3.63, 3.8) is 0 Å². The molecule has 3 aliphatic rings. The van der Waals surface area contributed by atoms with Crippen LogP contribution in [-0.2, 0) is 36.7 Å². The molecule has 45 heavy (non-hydrogen) atoms. The van der Waals surface area contributed by atoms with Crippen molar-refractivity contribution < 1.29 is 56.7 Å². The van der Waals surface area contributed by atoms with Crippen molar-refractivity contribution >= 4 is 49.5 Å². The maximum absolute atomic E-state index is 13.2. The van der Waals surface area contributed by atoms with Crippen LogP contribution in [0, 0.1) is 0 Å². The first-order valence-corrected chi connectivity index (χ1v) is 16.2. The molecule has 23 heteroatoms. The lowest BCUT2D eigenvalue weighted by atomic mass is 10.1. The highest BCUT2D eigenvalue weighted by Crippen LogP contribution is 2.53. The fourth-order valence-electron chi connectivity index (χ4n) is 5.57. The Kier molecular flexibility index (Phi) is 7.36. The minimum absolute atomic E-state index is 0.0126. The molecule has 7 heterocycles. The van der Waals surface area contributed by atoms with E-state index in [9.17, 15) is 33.9 Å². The number of nitrogens with two attached hydrogens (primary N) is 2. The van der Waals surface area contributed by atoms with Crippen molar-refractivity contribution in [2.45, 2.75) is 49.1 Å². The average Bonchev–Trinajstić information content (AvgIpc) is 3.72. The van der Waals surface area contributed by atoms with Gasteiger partial charge in [0.2, 0.25) is 5.95 Å². The number of hydrogen-bond acceptors (Lipinski definition) is 16. The van der Waals surface area contributed by atoms with Gasteiger partial charge >= 0.3 is 15.6 Å². The minimum Gasteiger partial charge on any atom is -0.387 e. The third kappa shape index (κ3) is 5.35. The Morgan fingerprint density at radius 3 is 2.20 bits per heavy atom. The van der Waals surface area contributed by atoms with E-state index in [1.165, 1.54) is 33.9 Å². The molecule has 0 saturated carbocycles. The summed E-state index contributed by atoms with van der Waals surface area (Å²) in [5.74, 6) is -0.0910. The number of nitrogens with one attached hydrogen (secondary N) is 1. The molecule has 3 fully saturated rings. The largest absolute Gasteiger partial charge is 0.472 e. The van der Waals surface area contributed by atoms with Crippen molar-refractivity contribution in [3.05, 3.63) is 41.2 Å². The van der Waals surface area contributed by atoms with Crippen LogP contribution in [0.5, 0.6) is 0 Å². The van der Waals surface area contributed by atoms with Gasteiger partial charge in [-0.05, 0) is 12.1 Å². The number of nitrogens with zero attached hydrogens (tertiary/aromatic N) is 5. The summed E-state index contributed by atoms with van der Waals surface area (Å²) < 4.78 is 61.5. The molecule has 0 amide bonds. The lowest BCUT2D eigenvalue weighted by Gasteiger charge is -2.26. The average molecular weight is 672 g/mol. The normalized spacial score (nSPS) is 37.7. The van der Waals surface area contributed by atoms with Gasteiger partial charge in [0.25, 0.3) is 5.56 Å². The Morgan fingerprint density at radius 1 is 0.844 bits per heavy atom. The number of ether oxygens (including phenoxy) is 2. The summed E-state index contributed by atoms with van der Waals surface area (Å²) in [5.41, 5.74) is 11.2. The number of hydrogen-bond donors (Lipinski definition) is 7. The second-order valence-corrected chi connectivity index (χ2v) is 13.2. The molecule has 5 unspecified atom stereocenters. The predicted molar refractivity (Wildman–Crippen MR) is 148 cm³/mol. The maximum Gasteiger partial charge on any atom is 0.472 e. The lowest BCUT2D eigenvalue weighted by Crippen LogP contribution is -2.36. The first kappa shape index (κ1) is 30.4. The third-order valence-electron chi connectivity index (χ3n) is 7.62. The maximum atomic E-state index is 13.2. The van der Waals surface area contributed by atoms with E-state index in [0.29, 0.717) is 5.39 Å². The highest BCUT2D eigenvalue weighted by Gasteiger charge is 2.53. The topological polar surface area (TPSA) is 304 Å². The smallest absolute Gasteiger partial charge is 0.387 e. The highest BCUT2D eigenvalue weighted by molar-refractivity contribution is 7.47. The number of rotatable bonds is 2. The first-order valence-electron chi connectivity index (χ1n) is 13.2. The van der Waals surface area contributed by atoms with Gasteiger partial charge in [0.05, 0.1) is 24.0 Å². The summed E-state index contributed by atoms with van der Waals surface area (Å²) in [6, 6.07) is 2.93. The molecule has 0 aliphatic carbocycles. The number of phosphoric ester groups is 2. The zero-order valence-electron chi connectivity index (χ0n) is 22.7. The van der Waals surface area contributed by atoms with Gasteiger partial charge in [-0.3, -0.25) is 27.9 Å². The molecule has 4 aromatic rings. The zero-order valence-corrected chi connectivity index (χ0v) is 24.5. The summed E-state index contributed by atoms with van der Waals surface area (Å²) in [6.07, 6.45) is -8.28. The van der Waals surface area contributed by atoms with Gasteiger partial charge in [0.15, 0.2) is 18.1 Å². The molecular formula is C22H26N8O13P2. The molecule has 3 saturated heterocycles. The van der Waals surface area contributed by atoms with E-state index in [0.717, 1.165) is 0 Å². The Labute approximate surface area is 250 Å².